The van der Waals surface area contributed by atoms with Crippen molar-refractivity contribution in [1.82, 2.24) is 4.98 Å². The molecule has 2 heterocycles. The first-order valence-electron chi connectivity index (χ1n) is 11.0. The number of carbonyl (C=O) groups is 1. The summed E-state index contributed by atoms with van der Waals surface area (Å²) in [6, 6.07) is 11.4. The van der Waals surface area contributed by atoms with E-state index in [2.05, 4.69) is 15.2 Å². The van der Waals surface area contributed by atoms with Crippen LogP contribution in [0, 0.1) is 16.7 Å². The van der Waals surface area contributed by atoms with Crippen LogP contribution in [0.25, 0.3) is 0 Å². The maximum absolute atomic E-state index is 11.9. The van der Waals surface area contributed by atoms with Gasteiger partial charge in [0.15, 0.2) is 5.69 Å². The molecule has 2 saturated carbocycles. The minimum absolute atomic E-state index is 0.0287. The minimum Gasteiger partial charge on any atom is -0.477 e. The van der Waals surface area contributed by atoms with Crippen LogP contribution >= 0.6 is 0 Å². The number of hydrogen-bond donors (Lipinski definition) is 3. The molecule has 3 N–H and O–H groups in total. The summed E-state index contributed by atoms with van der Waals surface area (Å²) >= 11 is 0. The summed E-state index contributed by atoms with van der Waals surface area (Å²) in [7, 11) is 0. The third kappa shape index (κ3) is 3.34. The molecule has 6 heteroatoms. The second kappa shape index (κ2) is 7.42. The van der Waals surface area contributed by atoms with Gasteiger partial charge in [0.25, 0.3) is 0 Å². The predicted octanol–water partition coefficient (Wildman–Crippen LogP) is 5.07. The maximum Gasteiger partial charge on any atom is 0.354 e. The lowest BCUT2D eigenvalue weighted by molar-refractivity contribution is 0.0690. The lowest BCUT2D eigenvalue weighted by Crippen LogP contribution is -2.55. The molecule has 5 rings (SSSR count). The van der Waals surface area contributed by atoms with Gasteiger partial charge in [0.2, 0.25) is 0 Å². The molecule has 1 aliphatic heterocycles. The third-order valence-corrected chi connectivity index (χ3v) is 7.09. The van der Waals surface area contributed by atoms with Gasteiger partial charge in [0.1, 0.15) is 5.82 Å². The number of nitrogens with zero attached hydrogens (tertiary/aromatic N) is 2. The second-order valence-corrected chi connectivity index (χ2v) is 9.15. The van der Waals surface area contributed by atoms with Crippen LogP contribution in [-0.2, 0) is 0 Å². The topological polar surface area (TPSA) is 89.3 Å². The van der Waals surface area contributed by atoms with Gasteiger partial charge in [-0.25, -0.2) is 9.78 Å². The number of carboxylic acids is 1. The van der Waals surface area contributed by atoms with Crippen LogP contribution in [0.5, 0.6) is 0 Å². The number of hydrogen-bond acceptors (Lipinski definition) is 5. The lowest BCUT2D eigenvalue weighted by atomic mass is 9.76. The monoisotopic (exact) mass is 404 g/mol. The molecule has 0 radical (unpaired) electrons. The van der Waals surface area contributed by atoms with Crippen molar-refractivity contribution in [3.8, 4) is 0 Å². The number of nitrogens with one attached hydrogen (secondary N) is 2. The van der Waals surface area contributed by atoms with E-state index in [0.717, 1.165) is 49.3 Å². The zero-order chi connectivity index (χ0) is 20.7. The first-order chi connectivity index (χ1) is 14.5. The van der Waals surface area contributed by atoms with Crippen molar-refractivity contribution in [3.63, 3.8) is 0 Å². The van der Waals surface area contributed by atoms with Crippen molar-refractivity contribution < 1.29 is 9.90 Å². The van der Waals surface area contributed by atoms with E-state index < -0.39 is 5.97 Å². The smallest absolute Gasteiger partial charge is 0.354 e. The molecule has 1 aromatic carbocycles. The van der Waals surface area contributed by atoms with Crippen LogP contribution in [0.2, 0.25) is 0 Å². The molecule has 2 aliphatic carbocycles. The van der Waals surface area contributed by atoms with E-state index in [1.54, 1.807) is 6.07 Å². The Balaban J connectivity index is 1.57. The first kappa shape index (κ1) is 19.1. The zero-order valence-corrected chi connectivity index (χ0v) is 17.2. The molecule has 3 fully saturated rings. The molecule has 30 heavy (non-hydrogen) atoms. The van der Waals surface area contributed by atoms with Gasteiger partial charge in [-0.15, -0.1) is 0 Å². The molecular formula is C24H28N4O2. The summed E-state index contributed by atoms with van der Waals surface area (Å²) in [6.45, 7) is 1.90. The van der Waals surface area contributed by atoms with E-state index in [1.807, 2.05) is 30.3 Å². The summed E-state index contributed by atoms with van der Waals surface area (Å²) in [5.41, 5.74) is 3.48. The van der Waals surface area contributed by atoms with Crippen molar-refractivity contribution in [3.05, 3.63) is 47.7 Å². The van der Waals surface area contributed by atoms with Crippen LogP contribution in [0.3, 0.4) is 0 Å². The number of rotatable bonds is 6. The van der Waals surface area contributed by atoms with E-state index >= 15 is 0 Å². The third-order valence-electron chi connectivity index (χ3n) is 7.09. The lowest BCUT2D eigenvalue weighted by Gasteiger charge is -2.50. The standard InChI is InChI=1S/C24H28N4O2/c25-21(16-7-6-8-16)20-19(28-14-24(15-28)11-4-5-12-24)13-18(23(29)30)27-22(20)26-17-9-2-1-3-10-17/h1-3,9-10,13,16,25H,4-8,11-12,14-15H2,(H,26,27)(H,29,30). The highest BCUT2D eigenvalue weighted by Gasteiger charge is 2.46. The van der Waals surface area contributed by atoms with Gasteiger partial charge < -0.3 is 20.7 Å². The molecule has 1 spiro atoms. The van der Waals surface area contributed by atoms with E-state index in [-0.39, 0.29) is 11.6 Å². The highest BCUT2D eigenvalue weighted by Crippen LogP contribution is 2.49. The molecule has 0 atom stereocenters. The first-order valence-corrected chi connectivity index (χ1v) is 11.0. The Morgan fingerprint density at radius 3 is 2.43 bits per heavy atom. The zero-order valence-electron chi connectivity index (χ0n) is 17.2. The molecule has 0 unspecified atom stereocenters. The van der Waals surface area contributed by atoms with Gasteiger partial charge in [-0.3, -0.25) is 0 Å². The summed E-state index contributed by atoms with van der Waals surface area (Å²) in [4.78, 5) is 18.6. The fraction of sp³-hybridized carbons (Fsp3) is 0.458. The fourth-order valence-corrected chi connectivity index (χ4v) is 5.18. The predicted molar refractivity (Wildman–Crippen MR) is 118 cm³/mol. The number of anilines is 3. The number of aromatic carboxylic acids is 1. The number of carboxylic acid groups (broad SMARTS) is 1. The van der Waals surface area contributed by atoms with Crippen molar-refractivity contribution in [2.75, 3.05) is 23.3 Å². The van der Waals surface area contributed by atoms with Gasteiger partial charge in [-0.1, -0.05) is 37.5 Å². The highest BCUT2D eigenvalue weighted by molar-refractivity contribution is 6.10. The molecule has 1 aromatic heterocycles. The molecule has 1 saturated heterocycles. The largest absolute Gasteiger partial charge is 0.477 e. The maximum atomic E-state index is 11.9. The fourth-order valence-electron chi connectivity index (χ4n) is 5.18. The average molecular weight is 405 g/mol. The van der Waals surface area contributed by atoms with Crippen LogP contribution in [-0.4, -0.2) is 34.9 Å². The van der Waals surface area contributed by atoms with Gasteiger partial charge in [-0.2, -0.15) is 0 Å². The molecule has 6 nitrogen and oxygen atoms in total. The van der Waals surface area contributed by atoms with Crippen LogP contribution in [0.15, 0.2) is 36.4 Å². The number of benzene rings is 1. The Hall–Kier alpha value is -2.89. The van der Waals surface area contributed by atoms with Gasteiger partial charge in [0, 0.05) is 35.8 Å². The normalized spacial score (nSPS) is 19.9. The van der Waals surface area contributed by atoms with Gasteiger partial charge >= 0.3 is 5.97 Å². The van der Waals surface area contributed by atoms with E-state index in [4.69, 9.17) is 5.41 Å². The second-order valence-electron chi connectivity index (χ2n) is 9.15. The van der Waals surface area contributed by atoms with E-state index in [9.17, 15) is 9.90 Å². The van der Waals surface area contributed by atoms with E-state index in [1.165, 1.54) is 25.7 Å². The summed E-state index contributed by atoms with van der Waals surface area (Å²) in [6.07, 6.45) is 8.28. The Labute approximate surface area is 176 Å². The molecule has 156 valence electrons. The number of para-hydroxylation sites is 1. The molecule has 0 bridgehead atoms. The van der Waals surface area contributed by atoms with Crippen molar-refractivity contribution >= 4 is 28.9 Å². The SMILES string of the molecule is N=C(c1c(N2CC3(CCCC3)C2)cc(C(=O)O)nc1Nc1ccccc1)C1CCC1. The molecular weight excluding hydrogens is 376 g/mol. The Bertz CT molecular complexity index is 970. The summed E-state index contributed by atoms with van der Waals surface area (Å²) in [5.74, 6) is -0.315. The summed E-state index contributed by atoms with van der Waals surface area (Å²) in [5, 5.41) is 22.0. The van der Waals surface area contributed by atoms with Crippen LogP contribution in [0.1, 0.15) is 61.0 Å². The Kier molecular flexibility index (Phi) is 4.72. The van der Waals surface area contributed by atoms with Gasteiger partial charge in [0.05, 0.1) is 11.3 Å². The summed E-state index contributed by atoms with van der Waals surface area (Å²) < 4.78 is 0. The quantitative estimate of drug-likeness (QED) is 0.585. The minimum atomic E-state index is -1.04. The molecule has 2 aromatic rings. The van der Waals surface area contributed by atoms with E-state index in [0.29, 0.717) is 16.9 Å². The Morgan fingerprint density at radius 1 is 1.13 bits per heavy atom. The average Bonchev–Trinajstić information content (AvgIpc) is 3.16. The highest BCUT2D eigenvalue weighted by atomic mass is 16.4. The molecule has 3 aliphatic rings. The molecule has 0 amide bonds. The van der Waals surface area contributed by atoms with Crippen LogP contribution < -0.4 is 10.2 Å². The van der Waals surface area contributed by atoms with Crippen molar-refractivity contribution in [1.29, 1.82) is 5.41 Å². The number of aromatic nitrogens is 1. The van der Waals surface area contributed by atoms with Crippen molar-refractivity contribution in [2.45, 2.75) is 44.9 Å². The van der Waals surface area contributed by atoms with Gasteiger partial charge in [-0.05, 0) is 43.9 Å². The Morgan fingerprint density at radius 2 is 1.83 bits per heavy atom. The van der Waals surface area contributed by atoms with Crippen LogP contribution in [0.4, 0.5) is 17.2 Å². The van der Waals surface area contributed by atoms with Crippen molar-refractivity contribution in [2.24, 2.45) is 11.3 Å². The number of pyridine rings is 1.